The Labute approximate surface area is 336 Å². The first-order valence-electron chi connectivity index (χ1n) is 19.0. The smallest absolute Gasteiger partial charge is 0.179 e. The average molecular weight is 761 g/mol. The van der Waals surface area contributed by atoms with Crippen molar-refractivity contribution >= 4 is 28.8 Å². The van der Waals surface area contributed by atoms with Gasteiger partial charge in [-0.25, -0.2) is 0 Å². The van der Waals surface area contributed by atoms with E-state index < -0.39 is 8.07 Å². The summed E-state index contributed by atoms with van der Waals surface area (Å²) in [5, 5.41) is 5.19. The Balaban J connectivity index is 1.31. The fourth-order valence-electron chi connectivity index (χ4n) is 7.78. The van der Waals surface area contributed by atoms with Crippen LogP contribution in [0.2, 0.25) is 0 Å². The lowest BCUT2D eigenvalue weighted by atomic mass is 10.1. The van der Waals surface area contributed by atoms with Crippen molar-refractivity contribution in [2.24, 2.45) is 0 Å². The van der Waals surface area contributed by atoms with Gasteiger partial charge in [-0.05, 0) is 114 Å². The molecular weight excluding hydrogens is 717 g/mol. The average Bonchev–Trinajstić information content (AvgIpc) is 3.30. The Morgan fingerprint density at radius 3 is 0.491 bits per heavy atom. The Kier molecular flexibility index (Phi) is 10.7. The van der Waals surface area contributed by atoms with Crippen LogP contribution in [0, 0.1) is 0 Å². The number of benzene rings is 8. The molecule has 0 aliphatic heterocycles. The molecule has 5 heteroatoms. The molecule has 57 heavy (non-hydrogen) atoms. The fraction of sp³-hybridized carbons (Fsp3) is 0.0769. The van der Waals surface area contributed by atoms with E-state index >= 15 is 0 Å². The zero-order chi connectivity index (χ0) is 39.2. The summed E-state index contributed by atoms with van der Waals surface area (Å²) in [6.45, 7) is 0. The van der Waals surface area contributed by atoms with Gasteiger partial charge >= 0.3 is 0 Å². The standard InChI is InChI=1S/C52H44O4Si/c1-53-45-21-5-37(6-22-45)41-13-29-49(30-14-41)57(50-31-15-42(16-32-50)38-7-23-46(54-2)24-8-38,51-33-17-43(18-34-51)39-9-25-47(55-3)26-10-39)52-35-19-44(20-36-52)40-11-27-48(56-4)28-12-40/h5-36H,1-4H3. The lowest BCUT2D eigenvalue weighted by Crippen LogP contribution is -2.74. The molecule has 0 N–H and O–H groups in total. The third-order valence-electron chi connectivity index (χ3n) is 11.0. The highest BCUT2D eigenvalue weighted by molar-refractivity contribution is 7.19. The maximum absolute atomic E-state index is 5.45. The van der Waals surface area contributed by atoms with Crippen molar-refractivity contribution < 1.29 is 18.9 Å². The molecule has 0 aromatic heterocycles. The molecule has 0 unspecified atom stereocenters. The van der Waals surface area contributed by atoms with Gasteiger partial charge in [0.05, 0.1) is 28.4 Å². The van der Waals surface area contributed by atoms with Gasteiger partial charge < -0.3 is 18.9 Å². The second-order valence-corrected chi connectivity index (χ2v) is 17.8. The monoisotopic (exact) mass is 760 g/mol. The van der Waals surface area contributed by atoms with E-state index in [1.807, 2.05) is 48.5 Å². The van der Waals surface area contributed by atoms with E-state index in [0.717, 1.165) is 67.5 Å². The van der Waals surface area contributed by atoms with Crippen LogP contribution in [0.4, 0.5) is 0 Å². The van der Waals surface area contributed by atoms with E-state index in [4.69, 9.17) is 18.9 Å². The summed E-state index contributed by atoms with van der Waals surface area (Å²) in [4.78, 5) is 0. The van der Waals surface area contributed by atoms with Gasteiger partial charge in [-0.1, -0.05) is 146 Å². The summed E-state index contributed by atoms with van der Waals surface area (Å²) in [6.07, 6.45) is 0. The van der Waals surface area contributed by atoms with Crippen molar-refractivity contribution in [3.05, 3.63) is 194 Å². The molecule has 0 radical (unpaired) electrons. The van der Waals surface area contributed by atoms with Crippen LogP contribution < -0.4 is 39.7 Å². The predicted molar refractivity (Wildman–Crippen MR) is 238 cm³/mol. The van der Waals surface area contributed by atoms with Crippen molar-refractivity contribution in [1.82, 2.24) is 0 Å². The number of rotatable bonds is 12. The first kappa shape index (κ1) is 37.1. The molecule has 0 atom stereocenters. The van der Waals surface area contributed by atoms with Gasteiger partial charge in [0, 0.05) is 0 Å². The van der Waals surface area contributed by atoms with Crippen molar-refractivity contribution in [2.45, 2.75) is 0 Å². The van der Waals surface area contributed by atoms with Gasteiger partial charge in [-0.2, -0.15) is 0 Å². The minimum absolute atomic E-state index is 0.844. The largest absolute Gasteiger partial charge is 0.497 e. The molecule has 4 nitrogen and oxygen atoms in total. The summed E-state index contributed by atoms with van der Waals surface area (Å²) in [5.41, 5.74) is 9.20. The Hall–Kier alpha value is -6.82. The highest BCUT2D eigenvalue weighted by Crippen LogP contribution is 2.27. The Morgan fingerprint density at radius 2 is 0.351 bits per heavy atom. The minimum Gasteiger partial charge on any atom is -0.497 e. The van der Waals surface area contributed by atoms with Crippen LogP contribution in [0.25, 0.3) is 44.5 Å². The van der Waals surface area contributed by atoms with E-state index in [0.29, 0.717) is 0 Å². The molecule has 0 amide bonds. The zero-order valence-corrected chi connectivity index (χ0v) is 33.6. The molecule has 0 saturated carbocycles. The van der Waals surface area contributed by atoms with Crippen molar-refractivity contribution in [3.8, 4) is 67.5 Å². The topological polar surface area (TPSA) is 36.9 Å². The SMILES string of the molecule is COc1ccc(-c2ccc([Si](c3ccc(-c4ccc(OC)cc4)cc3)(c3ccc(-c4ccc(OC)cc4)cc3)c3ccc(-c4ccc(OC)cc4)cc3)cc2)cc1. The van der Waals surface area contributed by atoms with E-state index in [1.165, 1.54) is 20.7 Å². The molecule has 0 spiro atoms. The minimum atomic E-state index is -2.93. The fourth-order valence-corrected chi connectivity index (χ4v) is 12.5. The molecule has 0 heterocycles. The summed E-state index contributed by atoms with van der Waals surface area (Å²) in [6, 6.07) is 69.9. The number of methoxy groups -OCH3 is 4. The molecular formula is C52H44O4Si. The van der Waals surface area contributed by atoms with E-state index in [2.05, 4.69) is 146 Å². The van der Waals surface area contributed by atoms with Gasteiger partial charge in [0.25, 0.3) is 0 Å². The second-order valence-electron chi connectivity index (χ2n) is 14.0. The Bertz CT molecular complexity index is 2160. The first-order valence-corrected chi connectivity index (χ1v) is 21.0. The van der Waals surface area contributed by atoms with E-state index in [1.54, 1.807) is 28.4 Å². The highest BCUT2D eigenvalue weighted by Gasteiger charge is 2.41. The lowest BCUT2D eigenvalue weighted by molar-refractivity contribution is 0.415. The third kappa shape index (κ3) is 7.45. The van der Waals surface area contributed by atoms with Crippen LogP contribution in [-0.4, -0.2) is 36.5 Å². The van der Waals surface area contributed by atoms with Crippen LogP contribution >= 0.6 is 0 Å². The summed E-state index contributed by atoms with van der Waals surface area (Å²) < 4.78 is 21.8. The molecule has 0 aliphatic carbocycles. The zero-order valence-electron chi connectivity index (χ0n) is 32.6. The summed E-state index contributed by atoms with van der Waals surface area (Å²) >= 11 is 0. The second kappa shape index (κ2) is 16.5. The van der Waals surface area contributed by atoms with Gasteiger partial charge in [0.2, 0.25) is 0 Å². The van der Waals surface area contributed by atoms with Crippen molar-refractivity contribution in [3.63, 3.8) is 0 Å². The molecule has 0 bridgehead atoms. The van der Waals surface area contributed by atoms with Gasteiger partial charge in [0.15, 0.2) is 8.07 Å². The highest BCUT2D eigenvalue weighted by atomic mass is 28.3. The van der Waals surface area contributed by atoms with E-state index in [9.17, 15) is 0 Å². The molecule has 0 fully saturated rings. The molecule has 0 aliphatic rings. The normalized spacial score (nSPS) is 11.2. The van der Waals surface area contributed by atoms with Crippen LogP contribution in [0.5, 0.6) is 23.0 Å². The number of hydrogen-bond donors (Lipinski definition) is 0. The van der Waals surface area contributed by atoms with Crippen molar-refractivity contribution in [2.75, 3.05) is 28.4 Å². The quantitative estimate of drug-likeness (QED) is 0.0919. The lowest BCUT2D eigenvalue weighted by Gasteiger charge is -2.35. The first-order chi connectivity index (χ1) is 28.0. The molecule has 8 rings (SSSR count). The van der Waals surface area contributed by atoms with Gasteiger partial charge in [-0.3, -0.25) is 0 Å². The van der Waals surface area contributed by atoms with Crippen molar-refractivity contribution in [1.29, 1.82) is 0 Å². The van der Waals surface area contributed by atoms with Crippen LogP contribution in [0.1, 0.15) is 0 Å². The number of hydrogen-bond acceptors (Lipinski definition) is 4. The predicted octanol–water partition coefficient (Wildman–Crippen LogP) is 9.77. The third-order valence-corrected chi connectivity index (χ3v) is 15.8. The van der Waals surface area contributed by atoms with Gasteiger partial charge in [-0.15, -0.1) is 0 Å². The maximum Gasteiger partial charge on any atom is 0.179 e. The molecule has 8 aromatic rings. The summed E-state index contributed by atoms with van der Waals surface area (Å²) in [7, 11) is 3.86. The molecule has 280 valence electrons. The van der Waals surface area contributed by atoms with Crippen LogP contribution in [-0.2, 0) is 0 Å². The van der Waals surface area contributed by atoms with Gasteiger partial charge in [0.1, 0.15) is 23.0 Å². The molecule has 0 saturated heterocycles. The van der Waals surface area contributed by atoms with E-state index in [-0.39, 0.29) is 0 Å². The number of ether oxygens (including phenoxy) is 4. The Morgan fingerprint density at radius 1 is 0.211 bits per heavy atom. The van der Waals surface area contributed by atoms with Crippen LogP contribution in [0.3, 0.4) is 0 Å². The molecule has 8 aromatic carbocycles. The maximum atomic E-state index is 5.45. The van der Waals surface area contributed by atoms with Crippen LogP contribution in [0.15, 0.2) is 194 Å². The summed E-state index contributed by atoms with van der Waals surface area (Å²) in [5.74, 6) is 3.37.